The lowest BCUT2D eigenvalue weighted by Crippen LogP contribution is -2.39. The molecule has 0 bridgehead atoms. The first-order chi connectivity index (χ1) is 9.65. The van der Waals surface area contributed by atoms with Crippen LogP contribution in [0.15, 0.2) is 48.5 Å². The fourth-order valence-corrected chi connectivity index (χ4v) is 2.50. The van der Waals surface area contributed by atoms with Gasteiger partial charge in [-0.15, -0.1) is 6.42 Å². The summed E-state index contributed by atoms with van der Waals surface area (Å²) in [4.78, 5) is 11.8. The predicted octanol–water partition coefficient (Wildman–Crippen LogP) is 3.78. The molecule has 2 aromatic carbocycles. The molecule has 3 rings (SSSR count). The molecule has 1 aliphatic heterocycles. The van der Waals surface area contributed by atoms with Crippen LogP contribution in [0.1, 0.15) is 11.1 Å². The molecule has 0 fully saturated rings. The fourth-order valence-electron chi connectivity index (χ4n) is 2.32. The molecule has 0 radical (unpaired) electrons. The molecule has 1 N–H and O–H groups in total. The molecular weight excluding hydrogens is 274 g/mol. The van der Waals surface area contributed by atoms with Crippen LogP contribution in [0.5, 0.6) is 0 Å². The normalized spacial score (nSPS) is 20.3. The van der Waals surface area contributed by atoms with Crippen molar-refractivity contribution in [3.8, 4) is 12.3 Å². The van der Waals surface area contributed by atoms with Crippen LogP contribution in [0.4, 0.5) is 10.5 Å². The highest BCUT2D eigenvalue weighted by atomic mass is 35.5. The second-order valence-corrected chi connectivity index (χ2v) is 4.83. The summed E-state index contributed by atoms with van der Waals surface area (Å²) in [6.45, 7) is 0. The standard InChI is InChI=1S/C16H10ClNO2/c1-2-16(11-6-4-3-5-7-11)13-10-12(17)8-9-14(13)18-15(19)20-16/h1,3-10H,(H,18,19)/t16-/m0/s1. The number of hydrogen-bond acceptors (Lipinski definition) is 2. The van der Waals surface area contributed by atoms with Crippen LogP contribution in [0.2, 0.25) is 5.02 Å². The molecule has 3 nitrogen and oxygen atoms in total. The summed E-state index contributed by atoms with van der Waals surface area (Å²) in [6.07, 6.45) is 5.12. The third kappa shape index (κ3) is 1.82. The van der Waals surface area contributed by atoms with E-state index in [1.807, 2.05) is 30.3 Å². The maximum absolute atomic E-state index is 11.8. The smallest absolute Gasteiger partial charge is 0.413 e. The quantitative estimate of drug-likeness (QED) is 0.809. The van der Waals surface area contributed by atoms with Crippen LogP contribution in [0.25, 0.3) is 0 Å². The highest BCUT2D eigenvalue weighted by molar-refractivity contribution is 6.30. The zero-order valence-corrected chi connectivity index (χ0v) is 11.1. The van der Waals surface area contributed by atoms with Gasteiger partial charge in [-0.2, -0.15) is 0 Å². The summed E-state index contributed by atoms with van der Waals surface area (Å²) in [5.74, 6) is 2.61. The molecule has 1 atom stereocenters. The molecule has 1 heterocycles. The van der Waals surface area contributed by atoms with E-state index < -0.39 is 11.7 Å². The van der Waals surface area contributed by atoms with Gasteiger partial charge < -0.3 is 4.74 Å². The number of terminal acetylenes is 1. The monoisotopic (exact) mass is 283 g/mol. The minimum absolute atomic E-state index is 0.527. The zero-order chi connectivity index (χ0) is 14.2. The number of nitrogens with one attached hydrogen (secondary N) is 1. The lowest BCUT2D eigenvalue weighted by molar-refractivity contribution is 0.0860. The summed E-state index contributed by atoms with van der Waals surface area (Å²) in [7, 11) is 0. The summed E-state index contributed by atoms with van der Waals surface area (Å²) in [6, 6.07) is 14.3. The van der Waals surface area contributed by atoms with Crippen LogP contribution in [-0.4, -0.2) is 6.09 Å². The number of cyclic esters (lactones) is 1. The first-order valence-corrected chi connectivity index (χ1v) is 6.37. The average Bonchev–Trinajstić information content (AvgIpc) is 2.48. The van der Waals surface area contributed by atoms with Gasteiger partial charge >= 0.3 is 6.09 Å². The second kappa shape index (κ2) is 4.59. The Hall–Kier alpha value is -2.44. The maximum atomic E-state index is 11.8. The third-order valence-corrected chi connectivity index (χ3v) is 3.46. The molecule has 2 aromatic rings. The largest absolute Gasteiger partial charge is 0.421 e. The van der Waals surface area contributed by atoms with Crippen molar-refractivity contribution in [2.24, 2.45) is 0 Å². The van der Waals surface area contributed by atoms with Crippen LogP contribution < -0.4 is 5.32 Å². The molecule has 0 saturated carbocycles. The van der Waals surface area contributed by atoms with Crippen LogP contribution >= 0.6 is 11.6 Å². The van der Waals surface area contributed by atoms with E-state index in [1.165, 1.54) is 0 Å². The van der Waals surface area contributed by atoms with Gasteiger partial charge in [0, 0.05) is 16.1 Å². The maximum Gasteiger partial charge on any atom is 0.413 e. The lowest BCUT2D eigenvalue weighted by Gasteiger charge is -2.34. The number of halogens is 1. The van der Waals surface area contributed by atoms with Gasteiger partial charge in [0.1, 0.15) is 0 Å². The number of carbonyl (C=O) groups excluding carboxylic acids is 1. The average molecular weight is 284 g/mol. The number of benzene rings is 2. The van der Waals surface area contributed by atoms with Crippen LogP contribution in [0.3, 0.4) is 0 Å². The van der Waals surface area contributed by atoms with Gasteiger partial charge in [0.05, 0.1) is 5.69 Å². The van der Waals surface area contributed by atoms with Crippen molar-refractivity contribution in [2.45, 2.75) is 5.60 Å². The molecule has 1 aliphatic rings. The van der Waals surface area contributed by atoms with Crippen molar-refractivity contribution in [2.75, 3.05) is 5.32 Å². The molecule has 0 saturated heterocycles. The molecule has 4 heteroatoms. The number of hydrogen-bond donors (Lipinski definition) is 1. The van der Waals surface area contributed by atoms with Gasteiger partial charge in [-0.05, 0) is 24.1 Å². The Morgan fingerprint density at radius 1 is 1.20 bits per heavy atom. The van der Waals surface area contributed by atoms with E-state index in [0.717, 1.165) is 0 Å². The number of ether oxygens (including phenoxy) is 1. The Morgan fingerprint density at radius 2 is 1.95 bits per heavy atom. The molecule has 0 spiro atoms. The van der Waals surface area contributed by atoms with Crippen molar-refractivity contribution >= 4 is 23.4 Å². The second-order valence-electron chi connectivity index (χ2n) is 4.40. The van der Waals surface area contributed by atoms with E-state index in [9.17, 15) is 4.79 Å². The number of carbonyl (C=O) groups is 1. The zero-order valence-electron chi connectivity index (χ0n) is 10.4. The van der Waals surface area contributed by atoms with Crippen molar-refractivity contribution < 1.29 is 9.53 Å². The predicted molar refractivity (Wildman–Crippen MR) is 77.6 cm³/mol. The molecule has 0 unspecified atom stereocenters. The minimum atomic E-state index is -1.26. The lowest BCUT2D eigenvalue weighted by atomic mass is 9.85. The minimum Gasteiger partial charge on any atom is -0.421 e. The fraction of sp³-hybridized carbons (Fsp3) is 0.0625. The van der Waals surface area contributed by atoms with Gasteiger partial charge in [0.15, 0.2) is 0 Å². The van der Waals surface area contributed by atoms with E-state index in [2.05, 4.69) is 11.2 Å². The molecular formula is C16H10ClNO2. The van der Waals surface area contributed by atoms with E-state index in [1.54, 1.807) is 18.2 Å². The highest BCUT2D eigenvalue weighted by Gasteiger charge is 2.42. The van der Waals surface area contributed by atoms with Crippen molar-refractivity contribution in [1.29, 1.82) is 0 Å². The van der Waals surface area contributed by atoms with Crippen LogP contribution in [-0.2, 0) is 10.3 Å². The first kappa shape index (κ1) is 12.6. The Morgan fingerprint density at radius 3 is 2.65 bits per heavy atom. The van der Waals surface area contributed by atoms with Gasteiger partial charge in [0.2, 0.25) is 5.60 Å². The third-order valence-electron chi connectivity index (χ3n) is 3.23. The van der Waals surface area contributed by atoms with E-state index in [-0.39, 0.29) is 0 Å². The summed E-state index contributed by atoms with van der Waals surface area (Å²) in [5.41, 5.74) is 0.704. The van der Waals surface area contributed by atoms with Gasteiger partial charge in [-0.3, -0.25) is 5.32 Å². The molecule has 98 valence electrons. The summed E-state index contributed by atoms with van der Waals surface area (Å²) >= 11 is 6.05. The van der Waals surface area contributed by atoms with Crippen LogP contribution in [0, 0.1) is 12.3 Å². The summed E-state index contributed by atoms with van der Waals surface area (Å²) in [5, 5.41) is 3.16. The van der Waals surface area contributed by atoms with Crippen molar-refractivity contribution in [3.05, 3.63) is 64.7 Å². The molecule has 0 aliphatic carbocycles. The Labute approximate surface area is 121 Å². The Bertz CT molecular complexity index is 721. The van der Waals surface area contributed by atoms with Crippen molar-refractivity contribution in [1.82, 2.24) is 0 Å². The summed E-state index contributed by atoms with van der Waals surface area (Å²) < 4.78 is 5.45. The first-order valence-electron chi connectivity index (χ1n) is 5.99. The number of fused-ring (bicyclic) bond motifs is 1. The van der Waals surface area contributed by atoms with Gasteiger partial charge in [-0.1, -0.05) is 41.9 Å². The van der Waals surface area contributed by atoms with E-state index >= 15 is 0 Å². The number of anilines is 1. The highest BCUT2D eigenvalue weighted by Crippen LogP contribution is 2.41. The van der Waals surface area contributed by atoms with E-state index in [0.29, 0.717) is 21.8 Å². The van der Waals surface area contributed by atoms with E-state index in [4.69, 9.17) is 22.8 Å². The molecule has 20 heavy (non-hydrogen) atoms. The molecule has 0 aromatic heterocycles. The van der Waals surface area contributed by atoms with Crippen molar-refractivity contribution in [3.63, 3.8) is 0 Å². The molecule has 1 amide bonds. The van der Waals surface area contributed by atoms with Gasteiger partial charge in [-0.25, -0.2) is 4.79 Å². The van der Waals surface area contributed by atoms with Gasteiger partial charge in [0.25, 0.3) is 0 Å². The number of amides is 1. The number of rotatable bonds is 1. The topological polar surface area (TPSA) is 38.3 Å². The Kier molecular flexibility index (Phi) is 2.89. The SMILES string of the molecule is C#C[C@@]1(c2ccccc2)OC(=O)Nc2ccc(Cl)cc21. The Balaban J connectivity index is 2.30.